The summed E-state index contributed by atoms with van der Waals surface area (Å²) in [6.45, 7) is 11.5. The van der Waals surface area contributed by atoms with Gasteiger partial charge in [0.1, 0.15) is 11.4 Å². The van der Waals surface area contributed by atoms with Crippen molar-refractivity contribution in [2.24, 2.45) is 0 Å². The molecule has 2 N–H and O–H groups in total. The number of hydrogen-bond donors (Lipinski definition) is 2. The molecule has 0 unspecified atom stereocenters. The number of aromatic carboxylic acids is 1. The highest BCUT2D eigenvalue weighted by Gasteiger charge is 2.24. The Kier molecular flexibility index (Phi) is 7.95. The van der Waals surface area contributed by atoms with Crippen LogP contribution in [0, 0.1) is 0 Å². The van der Waals surface area contributed by atoms with Crippen LogP contribution in [0.2, 0.25) is 0 Å². The first-order valence-electron chi connectivity index (χ1n) is 14.0. The highest BCUT2D eigenvalue weighted by atomic mass is 16.5. The second-order valence-electron chi connectivity index (χ2n) is 11.6. The first kappa shape index (κ1) is 28.1. The van der Waals surface area contributed by atoms with Gasteiger partial charge >= 0.3 is 5.97 Å². The lowest BCUT2D eigenvalue weighted by Crippen LogP contribution is -2.17. The Labute approximate surface area is 241 Å². The number of carboxylic acids is 1. The molecule has 2 heterocycles. The van der Waals surface area contributed by atoms with Crippen LogP contribution in [0.3, 0.4) is 0 Å². The Morgan fingerprint density at radius 2 is 1.63 bits per heavy atom. The fraction of sp³-hybridized carbons (Fsp3) is 0.257. The molecule has 2 aromatic heterocycles. The number of carbonyl (C=O) groups is 1. The molecule has 5 rings (SSSR count). The van der Waals surface area contributed by atoms with Crippen LogP contribution < -0.4 is 10.1 Å². The van der Waals surface area contributed by atoms with E-state index >= 15 is 0 Å². The van der Waals surface area contributed by atoms with E-state index in [4.69, 9.17) is 4.74 Å². The third kappa shape index (κ3) is 6.18. The highest BCUT2D eigenvalue weighted by Crippen LogP contribution is 2.35. The van der Waals surface area contributed by atoms with E-state index in [1.54, 1.807) is 6.20 Å². The lowest BCUT2D eigenvalue weighted by molar-refractivity contribution is 0.0687. The van der Waals surface area contributed by atoms with Crippen LogP contribution >= 0.6 is 0 Å². The summed E-state index contributed by atoms with van der Waals surface area (Å²) in [6.07, 6.45) is 1.81. The van der Waals surface area contributed by atoms with E-state index in [1.807, 2.05) is 66.9 Å². The zero-order valence-electron chi connectivity index (χ0n) is 24.3. The molecule has 0 saturated carbocycles. The molecule has 6 nitrogen and oxygen atoms in total. The number of ether oxygens (including phenoxy) is 1. The van der Waals surface area contributed by atoms with E-state index in [1.165, 1.54) is 5.56 Å². The van der Waals surface area contributed by atoms with Crippen molar-refractivity contribution < 1.29 is 14.6 Å². The van der Waals surface area contributed by atoms with Crippen molar-refractivity contribution in [2.75, 3.05) is 0 Å². The highest BCUT2D eigenvalue weighted by molar-refractivity contribution is 6.01. The number of fused-ring (bicyclic) bond motifs is 1. The molecule has 6 heteroatoms. The maximum Gasteiger partial charge on any atom is 0.353 e. The predicted molar refractivity (Wildman–Crippen MR) is 165 cm³/mol. The largest absolute Gasteiger partial charge is 0.491 e. The molecule has 0 saturated heterocycles. The van der Waals surface area contributed by atoms with Crippen molar-refractivity contribution in [3.8, 4) is 22.6 Å². The van der Waals surface area contributed by atoms with Crippen molar-refractivity contribution in [1.82, 2.24) is 14.9 Å². The molecular weight excluding hydrogens is 510 g/mol. The van der Waals surface area contributed by atoms with Gasteiger partial charge in [-0.2, -0.15) is 0 Å². The van der Waals surface area contributed by atoms with Crippen LogP contribution in [-0.2, 0) is 18.5 Å². The summed E-state index contributed by atoms with van der Waals surface area (Å²) in [5, 5.41) is 14.8. The van der Waals surface area contributed by atoms with Gasteiger partial charge in [-0.25, -0.2) is 4.79 Å². The predicted octanol–water partition coefficient (Wildman–Crippen LogP) is 7.77. The topological polar surface area (TPSA) is 76.4 Å². The third-order valence-corrected chi connectivity index (χ3v) is 7.16. The van der Waals surface area contributed by atoms with Gasteiger partial charge in [-0.3, -0.25) is 4.98 Å². The van der Waals surface area contributed by atoms with Crippen LogP contribution in [0.25, 0.3) is 27.7 Å². The van der Waals surface area contributed by atoms with E-state index in [-0.39, 0.29) is 17.2 Å². The standard InChI is InChI=1S/C35H37N3O3/c1-23(2)41-29-16-14-28(15-17-29)38-32-18-11-25(24-9-12-26(13-10-24)35(3,4)5)20-30(32)31(33(38)34(39)40)22-36-21-27-8-6-7-19-37-27/h6-20,23,36H,21-22H2,1-5H3,(H,39,40). The minimum atomic E-state index is -0.977. The van der Waals surface area contributed by atoms with Crippen LogP contribution in [0.5, 0.6) is 5.75 Å². The molecule has 0 atom stereocenters. The SMILES string of the molecule is CC(C)Oc1ccc(-n2c(C(=O)O)c(CNCc3ccccn3)c3cc(-c4ccc(C(C)(C)C)cc4)ccc32)cc1. The molecule has 5 aromatic rings. The van der Waals surface area contributed by atoms with Crippen LogP contribution in [-0.4, -0.2) is 26.7 Å². The molecule has 0 aliphatic rings. The number of hydrogen-bond acceptors (Lipinski definition) is 4. The van der Waals surface area contributed by atoms with E-state index in [9.17, 15) is 9.90 Å². The summed E-state index contributed by atoms with van der Waals surface area (Å²) in [5.41, 5.74) is 6.94. The summed E-state index contributed by atoms with van der Waals surface area (Å²) < 4.78 is 7.66. The molecule has 0 aliphatic heterocycles. The number of aromatic nitrogens is 2. The Bertz CT molecular complexity index is 1650. The lowest BCUT2D eigenvalue weighted by atomic mass is 9.86. The Balaban J connectivity index is 1.62. The number of pyridine rings is 1. The van der Waals surface area contributed by atoms with Gasteiger partial charge in [0.25, 0.3) is 0 Å². The van der Waals surface area contributed by atoms with Crippen molar-refractivity contribution in [2.45, 2.75) is 59.2 Å². The number of carboxylic acid groups (broad SMARTS) is 1. The van der Waals surface area contributed by atoms with Crippen LogP contribution in [0.1, 0.15) is 61.9 Å². The Morgan fingerprint density at radius 3 is 2.24 bits per heavy atom. The van der Waals surface area contributed by atoms with Gasteiger partial charge < -0.3 is 19.7 Å². The van der Waals surface area contributed by atoms with Gasteiger partial charge in [0.15, 0.2) is 0 Å². The van der Waals surface area contributed by atoms with Crippen molar-refractivity contribution in [3.05, 3.63) is 114 Å². The van der Waals surface area contributed by atoms with Gasteiger partial charge in [0.2, 0.25) is 0 Å². The number of rotatable bonds is 9. The molecule has 0 spiro atoms. The molecule has 0 amide bonds. The molecule has 210 valence electrons. The van der Waals surface area contributed by atoms with Crippen molar-refractivity contribution in [1.29, 1.82) is 0 Å². The number of benzene rings is 3. The smallest absolute Gasteiger partial charge is 0.353 e. The normalized spacial score (nSPS) is 11.8. The van der Waals surface area contributed by atoms with E-state index in [0.717, 1.165) is 44.7 Å². The van der Waals surface area contributed by atoms with E-state index < -0.39 is 5.97 Å². The minimum absolute atomic E-state index is 0.0514. The van der Waals surface area contributed by atoms with Gasteiger partial charge in [0.05, 0.1) is 17.3 Å². The van der Waals surface area contributed by atoms with Gasteiger partial charge in [-0.1, -0.05) is 57.2 Å². The molecule has 0 fully saturated rings. The second-order valence-corrected chi connectivity index (χ2v) is 11.6. The molecule has 0 radical (unpaired) electrons. The van der Waals surface area contributed by atoms with Crippen LogP contribution in [0.15, 0.2) is 91.1 Å². The number of nitrogens with zero attached hydrogens (tertiary/aromatic N) is 2. The third-order valence-electron chi connectivity index (χ3n) is 7.16. The molecule has 3 aromatic carbocycles. The number of nitrogens with one attached hydrogen (secondary N) is 1. The minimum Gasteiger partial charge on any atom is -0.491 e. The maximum absolute atomic E-state index is 12.8. The molecule has 0 bridgehead atoms. The summed E-state index contributed by atoms with van der Waals surface area (Å²) in [4.78, 5) is 17.2. The average Bonchev–Trinajstić information content (AvgIpc) is 3.27. The van der Waals surface area contributed by atoms with Crippen molar-refractivity contribution >= 4 is 16.9 Å². The second kappa shape index (κ2) is 11.6. The average molecular weight is 548 g/mol. The van der Waals surface area contributed by atoms with E-state index in [0.29, 0.717) is 13.1 Å². The molecule has 41 heavy (non-hydrogen) atoms. The zero-order chi connectivity index (χ0) is 29.1. The molecular formula is C35H37N3O3. The van der Waals surface area contributed by atoms with Crippen molar-refractivity contribution in [3.63, 3.8) is 0 Å². The first-order valence-corrected chi connectivity index (χ1v) is 14.0. The van der Waals surface area contributed by atoms with Gasteiger partial charge in [-0.15, -0.1) is 0 Å². The molecule has 0 aliphatic carbocycles. The lowest BCUT2D eigenvalue weighted by Gasteiger charge is -2.19. The van der Waals surface area contributed by atoms with Crippen LogP contribution in [0.4, 0.5) is 0 Å². The summed E-state index contributed by atoms with van der Waals surface area (Å²) in [6, 6.07) is 28.2. The maximum atomic E-state index is 12.8. The Morgan fingerprint density at radius 1 is 0.927 bits per heavy atom. The summed E-state index contributed by atoms with van der Waals surface area (Å²) >= 11 is 0. The zero-order valence-corrected chi connectivity index (χ0v) is 24.3. The monoisotopic (exact) mass is 547 g/mol. The quantitative estimate of drug-likeness (QED) is 0.197. The van der Waals surface area contributed by atoms with Gasteiger partial charge in [0, 0.05) is 35.9 Å². The summed E-state index contributed by atoms with van der Waals surface area (Å²) in [5.74, 6) is -0.232. The Hall–Kier alpha value is -4.42. The summed E-state index contributed by atoms with van der Waals surface area (Å²) in [7, 11) is 0. The fourth-order valence-electron chi connectivity index (χ4n) is 5.13. The van der Waals surface area contributed by atoms with Gasteiger partial charge in [-0.05, 0) is 84.5 Å². The fourth-order valence-corrected chi connectivity index (χ4v) is 5.13. The first-order chi connectivity index (χ1) is 19.6. The van der Waals surface area contributed by atoms with E-state index in [2.05, 4.69) is 67.5 Å².